The van der Waals surface area contributed by atoms with Gasteiger partial charge in [0.25, 0.3) is 0 Å². The van der Waals surface area contributed by atoms with Gasteiger partial charge in [0.1, 0.15) is 0 Å². The topological polar surface area (TPSA) is 37.1 Å². The van der Waals surface area contributed by atoms with Crippen LogP contribution in [0.5, 0.6) is 0 Å². The molecule has 0 saturated heterocycles. The first kappa shape index (κ1) is 18.8. The molecule has 27 heavy (non-hydrogen) atoms. The molecule has 0 aliphatic rings. The van der Waals surface area contributed by atoms with Crippen molar-refractivity contribution in [3.63, 3.8) is 0 Å². The van der Waals surface area contributed by atoms with Crippen molar-refractivity contribution in [2.75, 3.05) is 6.54 Å². The Morgan fingerprint density at radius 1 is 1.00 bits per heavy atom. The third-order valence-corrected chi connectivity index (χ3v) is 4.57. The number of amides is 1. The zero-order chi connectivity index (χ0) is 18.9. The van der Waals surface area contributed by atoms with Crippen LogP contribution in [0.25, 0.3) is 0 Å². The van der Waals surface area contributed by atoms with Crippen molar-refractivity contribution in [1.29, 1.82) is 0 Å². The summed E-state index contributed by atoms with van der Waals surface area (Å²) in [4.78, 5) is 19.2. The van der Waals surface area contributed by atoms with Gasteiger partial charge >= 0.3 is 0 Å². The second kappa shape index (κ2) is 9.62. The SMILES string of the molecule is Cc1cc[n+](CCC(=O)N(CCc2ccccn2)Cc2ccccc2)cc1. The van der Waals surface area contributed by atoms with Crippen LogP contribution in [0, 0.1) is 6.92 Å². The van der Waals surface area contributed by atoms with E-state index in [4.69, 9.17) is 0 Å². The molecule has 0 radical (unpaired) electrons. The lowest BCUT2D eigenvalue weighted by Crippen LogP contribution is -2.38. The lowest BCUT2D eigenvalue weighted by Gasteiger charge is -2.22. The third-order valence-electron chi connectivity index (χ3n) is 4.57. The van der Waals surface area contributed by atoms with Crippen molar-refractivity contribution in [1.82, 2.24) is 9.88 Å². The first-order valence-corrected chi connectivity index (χ1v) is 9.38. The second-order valence-electron chi connectivity index (χ2n) is 6.74. The van der Waals surface area contributed by atoms with E-state index in [2.05, 4.69) is 40.7 Å². The maximum absolute atomic E-state index is 12.9. The molecule has 0 unspecified atom stereocenters. The molecule has 1 amide bonds. The Morgan fingerprint density at radius 3 is 2.44 bits per heavy atom. The summed E-state index contributed by atoms with van der Waals surface area (Å²) in [5, 5.41) is 0. The molecule has 0 spiro atoms. The highest BCUT2D eigenvalue weighted by Crippen LogP contribution is 2.08. The lowest BCUT2D eigenvalue weighted by molar-refractivity contribution is -0.696. The summed E-state index contributed by atoms with van der Waals surface area (Å²) in [6, 6.07) is 20.2. The maximum atomic E-state index is 12.9. The molecule has 4 nitrogen and oxygen atoms in total. The highest BCUT2D eigenvalue weighted by Gasteiger charge is 2.16. The molecule has 2 aromatic heterocycles. The third kappa shape index (κ3) is 6.03. The van der Waals surface area contributed by atoms with Crippen LogP contribution >= 0.6 is 0 Å². The number of benzene rings is 1. The molecular formula is C23H26N3O+. The summed E-state index contributed by atoms with van der Waals surface area (Å²) in [6.45, 7) is 4.05. The minimum Gasteiger partial charge on any atom is -0.338 e. The van der Waals surface area contributed by atoms with Crippen molar-refractivity contribution >= 4 is 5.91 Å². The molecule has 4 heteroatoms. The van der Waals surface area contributed by atoms with Crippen LogP contribution in [0.4, 0.5) is 0 Å². The van der Waals surface area contributed by atoms with Gasteiger partial charge in [-0.3, -0.25) is 9.78 Å². The van der Waals surface area contributed by atoms with Crippen LogP contribution in [-0.2, 0) is 24.3 Å². The Bertz CT molecular complexity index is 833. The molecule has 0 saturated carbocycles. The highest BCUT2D eigenvalue weighted by atomic mass is 16.2. The van der Waals surface area contributed by atoms with Crippen LogP contribution in [0.3, 0.4) is 0 Å². The number of hydrogen-bond donors (Lipinski definition) is 0. The van der Waals surface area contributed by atoms with Gasteiger partial charge in [-0.05, 0) is 30.2 Å². The average Bonchev–Trinajstić information content (AvgIpc) is 2.72. The normalized spacial score (nSPS) is 10.6. The second-order valence-corrected chi connectivity index (χ2v) is 6.74. The fourth-order valence-electron chi connectivity index (χ4n) is 2.96. The van der Waals surface area contributed by atoms with Gasteiger partial charge in [0.2, 0.25) is 5.91 Å². The van der Waals surface area contributed by atoms with Gasteiger partial charge in [-0.25, -0.2) is 4.57 Å². The van der Waals surface area contributed by atoms with E-state index >= 15 is 0 Å². The average molecular weight is 360 g/mol. The number of rotatable bonds is 8. The van der Waals surface area contributed by atoms with Gasteiger partial charge in [0.05, 0.1) is 6.42 Å². The van der Waals surface area contributed by atoms with E-state index in [1.54, 1.807) is 6.20 Å². The van der Waals surface area contributed by atoms with E-state index in [9.17, 15) is 4.79 Å². The van der Waals surface area contributed by atoms with Gasteiger partial charge in [0, 0.05) is 43.5 Å². The van der Waals surface area contributed by atoms with Gasteiger partial charge in [-0.2, -0.15) is 0 Å². The molecule has 0 aliphatic carbocycles. The largest absolute Gasteiger partial charge is 0.338 e. The molecule has 138 valence electrons. The number of pyridine rings is 2. The van der Waals surface area contributed by atoms with Crippen LogP contribution in [0.15, 0.2) is 79.3 Å². The smallest absolute Gasteiger partial charge is 0.229 e. The standard InChI is InChI=1S/C23H26N3O/c1-20-10-15-25(16-11-20)17-13-23(27)26(19-21-7-3-2-4-8-21)18-12-22-9-5-6-14-24-22/h2-11,14-16H,12-13,17-19H2,1H3/q+1. The monoisotopic (exact) mass is 360 g/mol. The molecular weight excluding hydrogens is 334 g/mol. The Balaban J connectivity index is 1.63. The van der Waals surface area contributed by atoms with Crippen LogP contribution in [-0.4, -0.2) is 22.3 Å². The number of aromatic nitrogens is 2. The number of carbonyl (C=O) groups is 1. The summed E-state index contributed by atoms with van der Waals surface area (Å²) in [5.74, 6) is 0.169. The summed E-state index contributed by atoms with van der Waals surface area (Å²) < 4.78 is 2.06. The van der Waals surface area contributed by atoms with Crippen molar-refractivity contribution in [2.24, 2.45) is 0 Å². The molecule has 2 heterocycles. The molecule has 0 fully saturated rings. The minimum atomic E-state index is 0.169. The van der Waals surface area contributed by atoms with E-state index < -0.39 is 0 Å². The van der Waals surface area contributed by atoms with Crippen molar-refractivity contribution < 1.29 is 9.36 Å². The molecule has 0 bridgehead atoms. The van der Waals surface area contributed by atoms with E-state index in [1.807, 2.05) is 53.7 Å². The van der Waals surface area contributed by atoms with E-state index in [0.29, 0.717) is 26.1 Å². The van der Waals surface area contributed by atoms with Crippen molar-refractivity contribution in [3.8, 4) is 0 Å². The summed E-state index contributed by atoms with van der Waals surface area (Å²) in [5.41, 5.74) is 3.38. The van der Waals surface area contributed by atoms with Crippen molar-refractivity contribution in [3.05, 3.63) is 96.1 Å². The Morgan fingerprint density at radius 2 is 1.74 bits per heavy atom. The van der Waals surface area contributed by atoms with Gasteiger partial charge in [0.15, 0.2) is 18.9 Å². The van der Waals surface area contributed by atoms with Gasteiger partial charge in [-0.1, -0.05) is 36.4 Å². The van der Waals surface area contributed by atoms with Gasteiger partial charge < -0.3 is 4.90 Å². The van der Waals surface area contributed by atoms with Crippen LogP contribution in [0.2, 0.25) is 0 Å². The summed E-state index contributed by atoms with van der Waals surface area (Å²) in [6.07, 6.45) is 7.10. The number of carbonyl (C=O) groups excluding carboxylic acids is 1. The Labute approximate surface area is 161 Å². The quantitative estimate of drug-likeness (QED) is 0.578. The maximum Gasteiger partial charge on any atom is 0.229 e. The molecule has 0 atom stereocenters. The number of aryl methyl sites for hydroxylation is 2. The molecule has 0 aliphatic heterocycles. The summed E-state index contributed by atoms with van der Waals surface area (Å²) in [7, 11) is 0. The molecule has 1 aromatic carbocycles. The summed E-state index contributed by atoms with van der Waals surface area (Å²) >= 11 is 0. The van der Waals surface area contributed by atoms with Gasteiger partial charge in [-0.15, -0.1) is 0 Å². The Hall–Kier alpha value is -3.01. The van der Waals surface area contributed by atoms with E-state index in [-0.39, 0.29) is 5.91 Å². The first-order valence-electron chi connectivity index (χ1n) is 9.38. The Kier molecular flexibility index (Phi) is 6.69. The minimum absolute atomic E-state index is 0.169. The fourth-order valence-corrected chi connectivity index (χ4v) is 2.96. The van der Waals surface area contributed by atoms with Crippen molar-refractivity contribution in [2.45, 2.75) is 32.9 Å². The van der Waals surface area contributed by atoms with Crippen LogP contribution in [0.1, 0.15) is 23.2 Å². The molecule has 3 aromatic rings. The fraction of sp³-hybridized carbons (Fsp3) is 0.261. The molecule has 0 N–H and O–H groups in total. The zero-order valence-electron chi connectivity index (χ0n) is 15.8. The predicted octanol–water partition coefficient (Wildman–Crippen LogP) is 3.34. The van der Waals surface area contributed by atoms with E-state index in [1.165, 1.54) is 5.56 Å². The van der Waals surface area contributed by atoms with E-state index in [0.717, 1.165) is 17.7 Å². The zero-order valence-corrected chi connectivity index (χ0v) is 15.8. The number of hydrogen-bond acceptors (Lipinski definition) is 2. The lowest BCUT2D eigenvalue weighted by atomic mass is 10.2. The van der Waals surface area contributed by atoms with Crippen LogP contribution < -0.4 is 4.57 Å². The first-order chi connectivity index (χ1) is 13.2. The molecule has 3 rings (SSSR count). The highest BCUT2D eigenvalue weighted by molar-refractivity contribution is 5.76. The number of nitrogens with zero attached hydrogens (tertiary/aromatic N) is 3. The predicted molar refractivity (Wildman–Crippen MR) is 106 cm³/mol.